The van der Waals surface area contributed by atoms with Gasteiger partial charge in [-0.2, -0.15) is 0 Å². The van der Waals surface area contributed by atoms with E-state index in [1.807, 2.05) is 13.0 Å². The molecule has 0 spiro atoms. The maximum absolute atomic E-state index is 12.3. The molecule has 1 N–H and O–H groups in total. The highest BCUT2D eigenvalue weighted by molar-refractivity contribution is 5.79. The molecule has 0 bridgehead atoms. The van der Waals surface area contributed by atoms with Gasteiger partial charge < -0.3 is 14.8 Å². The van der Waals surface area contributed by atoms with Crippen molar-refractivity contribution >= 4 is 5.91 Å². The lowest BCUT2D eigenvalue weighted by atomic mass is 9.82. The second-order valence-corrected chi connectivity index (χ2v) is 6.37. The molecule has 22 heavy (non-hydrogen) atoms. The van der Waals surface area contributed by atoms with E-state index in [9.17, 15) is 4.79 Å². The standard InChI is InChI=1S/C18H25NO3/c1-12-16(8-9-22-12)18(20)19-11-14-5-3-4-13-10-15(21-2)6-7-17(13)14/h6-7,10,12,14,16H,3-5,8-9,11H2,1-2H3,(H,19,20)/t12-,14-,16-/m1/s1. The topological polar surface area (TPSA) is 47.6 Å². The molecule has 1 amide bonds. The zero-order valence-electron chi connectivity index (χ0n) is 13.4. The molecule has 3 rings (SSSR count). The summed E-state index contributed by atoms with van der Waals surface area (Å²) in [5.41, 5.74) is 2.73. The Labute approximate surface area is 132 Å². The summed E-state index contributed by atoms with van der Waals surface area (Å²) >= 11 is 0. The van der Waals surface area contributed by atoms with E-state index in [0.29, 0.717) is 12.5 Å². The molecule has 1 aliphatic carbocycles. The third-order valence-corrected chi connectivity index (χ3v) is 5.02. The van der Waals surface area contributed by atoms with E-state index in [1.165, 1.54) is 17.5 Å². The Balaban J connectivity index is 1.63. The molecule has 0 radical (unpaired) electrons. The van der Waals surface area contributed by atoms with E-state index in [-0.39, 0.29) is 17.9 Å². The van der Waals surface area contributed by atoms with Crippen LogP contribution in [0.2, 0.25) is 0 Å². The van der Waals surface area contributed by atoms with Crippen LogP contribution in [0.15, 0.2) is 18.2 Å². The summed E-state index contributed by atoms with van der Waals surface area (Å²) in [5.74, 6) is 1.49. The van der Waals surface area contributed by atoms with Gasteiger partial charge in [-0.3, -0.25) is 4.79 Å². The molecule has 1 aromatic carbocycles. The van der Waals surface area contributed by atoms with E-state index < -0.39 is 0 Å². The molecule has 3 atom stereocenters. The van der Waals surface area contributed by atoms with Crippen LogP contribution in [0.4, 0.5) is 0 Å². The van der Waals surface area contributed by atoms with Crippen LogP contribution in [-0.2, 0) is 16.0 Å². The molecule has 1 saturated heterocycles. The van der Waals surface area contributed by atoms with Gasteiger partial charge in [0.1, 0.15) is 5.75 Å². The molecule has 120 valence electrons. The fourth-order valence-electron chi connectivity index (χ4n) is 3.66. The van der Waals surface area contributed by atoms with Crippen molar-refractivity contribution < 1.29 is 14.3 Å². The highest BCUT2D eigenvalue weighted by Gasteiger charge is 2.31. The van der Waals surface area contributed by atoms with Crippen LogP contribution in [0, 0.1) is 5.92 Å². The Morgan fingerprint density at radius 1 is 1.41 bits per heavy atom. The van der Waals surface area contributed by atoms with Gasteiger partial charge in [0.15, 0.2) is 0 Å². The summed E-state index contributed by atoms with van der Waals surface area (Å²) in [5, 5.41) is 3.14. The average molecular weight is 303 g/mol. The highest BCUT2D eigenvalue weighted by Crippen LogP contribution is 2.33. The molecule has 4 nitrogen and oxygen atoms in total. The smallest absolute Gasteiger partial charge is 0.225 e. The Kier molecular flexibility index (Phi) is 4.67. The summed E-state index contributed by atoms with van der Waals surface area (Å²) in [6, 6.07) is 6.31. The molecule has 1 heterocycles. The number of carbonyl (C=O) groups excluding carboxylic acids is 1. The normalized spacial score (nSPS) is 27.3. The van der Waals surface area contributed by atoms with Gasteiger partial charge in [-0.05, 0) is 55.9 Å². The van der Waals surface area contributed by atoms with Crippen molar-refractivity contribution in [2.45, 2.75) is 44.6 Å². The Bertz CT molecular complexity index is 543. The third-order valence-electron chi connectivity index (χ3n) is 5.02. The largest absolute Gasteiger partial charge is 0.497 e. The van der Waals surface area contributed by atoms with Crippen LogP contribution < -0.4 is 10.1 Å². The van der Waals surface area contributed by atoms with Crippen LogP contribution in [0.3, 0.4) is 0 Å². The van der Waals surface area contributed by atoms with Gasteiger partial charge in [-0.1, -0.05) is 6.07 Å². The summed E-state index contributed by atoms with van der Waals surface area (Å²) in [4.78, 5) is 12.3. The Morgan fingerprint density at radius 2 is 2.27 bits per heavy atom. The van der Waals surface area contributed by atoms with Crippen molar-refractivity contribution in [1.29, 1.82) is 0 Å². The van der Waals surface area contributed by atoms with Crippen LogP contribution in [-0.4, -0.2) is 32.3 Å². The SMILES string of the molecule is COc1ccc2c(c1)CCC[C@@H]2CNC(=O)[C@@H]1CCO[C@@H]1C. The highest BCUT2D eigenvalue weighted by atomic mass is 16.5. The van der Waals surface area contributed by atoms with E-state index in [2.05, 4.69) is 17.4 Å². The van der Waals surface area contributed by atoms with Gasteiger partial charge in [-0.15, -0.1) is 0 Å². The van der Waals surface area contributed by atoms with Gasteiger partial charge >= 0.3 is 0 Å². The summed E-state index contributed by atoms with van der Waals surface area (Å²) < 4.78 is 10.8. The summed E-state index contributed by atoms with van der Waals surface area (Å²) in [6.45, 7) is 3.41. The molecule has 0 unspecified atom stereocenters. The molecular formula is C18H25NO3. The molecular weight excluding hydrogens is 278 g/mol. The van der Waals surface area contributed by atoms with Crippen molar-refractivity contribution in [3.63, 3.8) is 0 Å². The van der Waals surface area contributed by atoms with Gasteiger partial charge in [-0.25, -0.2) is 0 Å². The fourth-order valence-corrected chi connectivity index (χ4v) is 3.66. The predicted molar refractivity (Wildman–Crippen MR) is 85.2 cm³/mol. The van der Waals surface area contributed by atoms with Crippen LogP contribution >= 0.6 is 0 Å². The summed E-state index contributed by atoms with van der Waals surface area (Å²) in [6.07, 6.45) is 4.29. The quantitative estimate of drug-likeness (QED) is 0.930. The fraction of sp³-hybridized carbons (Fsp3) is 0.611. The van der Waals surface area contributed by atoms with E-state index in [1.54, 1.807) is 7.11 Å². The van der Waals surface area contributed by atoms with Gasteiger partial charge in [0.2, 0.25) is 5.91 Å². The number of nitrogens with one attached hydrogen (secondary N) is 1. The van der Waals surface area contributed by atoms with Crippen LogP contribution in [0.25, 0.3) is 0 Å². The molecule has 0 aromatic heterocycles. The minimum absolute atomic E-state index is 0.0129. The molecule has 1 fully saturated rings. The van der Waals surface area contributed by atoms with Crippen molar-refractivity contribution in [1.82, 2.24) is 5.32 Å². The van der Waals surface area contributed by atoms with Crippen molar-refractivity contribution in [2.75, 3.05) is 20.3 Å². The minimum Gasteiger partial charge on any atom is -0.497 e. The molecule has 1 aromatic rings. The van der Waals surface area contributed by atoms with Gasteiger partial charge in [0, 0.05) is 19.1 Å². The maximum atomic E-state index is 12.3. The average Bonchev–Trinajstić information content (AvgIpc) is 2.98. The molecule has 2 aliphatic rings. The first-order chi connectivity index (χ1) is 10.7. The van der Waals surface area contributed by atoms with E-state index >= 15 is 0 Å². The second kappa shape index (κ2) is 6.69. The number of aryl methyl sites for hydroxylation is 1. The van der Waals surface area contributed by atoms with E-state index in [4.69, 9.17) is 9.47 Å². The Morgan fingerprint density at radius 3 is 3.00 bits per heavy atom. The van der Waals surface area contributed by atoms with Crippen LogP contribution in [0.5, 0.6) is 5.75 Å². The minimum atomic E-state index is 0.0129. The number of ether oxygens (including phenoxy) is 2. The van der Waals surface area contributed by atoms with Crippen molar-refractivity contribution in [3.8, 4) is 5.75 Å². The van der Waals surface area contributed by atoms with Crippen molar-refractivity contribution in [3.05, 3.63) is 29.3 Å². The number of hydrogen-bond donors (Lipinski definition) is 1. The first kappa shape index (κ1) is 15.3. The van der Waals surface area contributed by atoms with Gasteiger partial charge in [0.25, 0.3) is 0 Å². The van der Waals surface area contributed by atoms with Crippen LogP contribution in [0.1, 0.15) is 43.2 Å². The first-order valence-corrected chi connectivity index (χ1v) is 8.25. The third kappa shape index (κ3) is 3.12. The van der Waals surface area contributed by atoms with Crippen molar-refractivity contribution in [2.24, 2.45) is 5.92 Å². The Hall–Kier alpha value is -1.55. The van der Waals surface area contributed by atoms with E-state index in [0.717, 1.165) is 31.6 Å². The maximum Gasteiger partial charge on any atom is 0.225 e. The number of carbonyl (C=O) groups is 1. The van der Waals surface area contributed by atoms with Gasteiger partial charge in [0.05, 0.1) is 19.1 Å². The zero-order valence-corrected chi connectivity index (χ0v) is 13.4. The number of rotatable bonds is 4. The number of hydrogen-bond acceptors (Lipinski definition) is 3. The second-order valence-electron chi connectivity index (χ2n) is 6.37. The lowest BCUT2D eigenvalue weighted by Gasteiger charge is -2.27. The number of benzene rings is 1. The number of fused-ring (bicyclic) bond motifs is 1. The monoisotopic (exact) mass is 303 g/mol. The zero-order chi connectivity index (χ0) is 15.5. The number of methoxy groups -OCH3 is 1. The predicted octanol–water partition coefficient (Wildman–Crippen LogP) is 2.66. The number of amides is 1. The first-order valence-electron chi connectivity index (χ1n) is 8.25. The molecule has 4 heteroatoms. The summed E-state index contributed by atoms with van der Waals surface area (Å²) in [7, 11) is 1.70. The molecule has 0 saturated carbocycles. The lowest BCUT2D eigenvalue weighted by Crippen LogP contribution is -2.37. The molecule has 1 aliphatic heterocycles. The lowest BCUT2D eigenvalue weighted by molar-refractivity contribution is -0.126.